The number of ketones is 1. The molecule has 0 atom stereocenters. The van der Waals surface area contributed by atoms with E-state index in [-0.39, 0.29) is 11.5 Å². The molecule has 0 aliphatic rings. The maximum atomic E-state index is 11.2. The topological polar surface area (TPSA) is 49.7 Å². The Balaban J connectivity index is 2.27. The van der Waals surface area contributed by atoms with E-state index in [2.05, 4.69) is 36.9 Å². The highest BCUT2D eigenvalue weighted by Gasteiger charge is 2.05. The van der Waals surface area contributed by atoms with Gasteiger partial charge in [-0.15, -0.1) is 0 Å². The van der Waals surface area contributed by atoms with Crippen LogP contribution >= 0.6 is 31.9 Å². The molecule has 0 aliphatic heterocycles. The first-order valence-electron chi connectivity index (χ1n) is 5.80. The van der Waals surface area contributed by atoms with Gasteiger partial charge < -0.3 is 5.11 Å². The van der Waals surface area contributed by atoms with Gasteiger partial charge in [0.15, 0.2) is 5.78 Å². The zero-order chi connectivity index (χ0) is 14.7. The van der Waals surface area contributed by atoms with E-state index in [1.807, 2.05) is 0 Å². The molecule has 0 heterocycles. The van der Waals surface area contributed by atoms with Crippen molar-refractivity contribution in [1.29, 1.82) is 0 Å². The van der Waals surface area contributed by atoms with Crippen molar-refractivity contribution >= 4 is 49.5 Å². The lowest BCUT2D eigenvalue weighted by Gasteiger charge is -2.03. The molecule has 0 saturated carbocycles. The van der Waals surface area contributed by atoms with Crippen LogP contribution in [0.25, 0.3) is 0 Å². The predicted octanol–water partition coefficient (Wildman–Crippen LogP) is 4.87. The number of phenolic OH excluding ortho intramolecular Hbond substituents is 1. The number of rotatable bonds is 3. The van der Waals surface area contributed by atoms with Crippen molar-refractivity contribution in [3.05, 3.63) is 56.5 Å². The lowest BCUT2D eigenvalue weighted by molar-refractivity contribution is 0.101. The molecule has 0 saturated heterocycles. The molecule has 102 valence electrons. The Hall–Kier alpha value is -1.46. The average molecular weight is 397 g/mol. The Morgan fingerprint density at radius 1 is 1.20 bits per heavy atom. The number of halogens is 2. The molecule has 2 aromatic rings. The summed E-state index contributed by atoms with van der Waals surface area (Å²) in [6.07, 6.45) is 1.58. The fourth-order valence-corrected chi connectivity index (χ4v) is 2.87. The van der Waals surface area contributed by atoms with Crippen LogP contribution in [0.1, 0.15) is 22.8 Å². The number of aromatic hydroxyl groups is 1. The minimum absolute atomic E-state index is 0.0223. The molecule has 0 amide bonds. The van der Waals surface area contributed by atoms with Crippen LogP contribution in [-0.4, -0.2) is 17.1 Å². The van der Waals surface area contributed by atoms with Crippen molar-refractivity contribution < 1.29 is 9.90 Å². The Labute approximate surface area is 133 Å². The number of Topliss-reactive ketones (excluding diaryl/α,β-unsaturated/α-hetero) is 1. The fraction of sp³-hybridized carbons (Fsp3) is 0.0667. The molecule has 2 aromatic carbocycles. The van der Waals surface area contributed by atoms with Crippen molar-refractivity contribution in [3.63, 3.8) is 0 Å². The molecule has 0 unspecified atom stereocenters. The molecular weight excluding hydrogens is 386 g/mol. The summed E-state index contributed by atoms with van der Waals surface area (Å²) in [6.45, 7) is 1.52. The summed E-state index contributed by atoms with van der Waals surface area (Å²) in [5.41, 5.74) is 1.96. The van der Waals surface area contributed by atoms with Crippen LogP contribution in [0.15, 0.2) is 50.3 Å². The first-order valence-corrected chi connectivity index (χ1v) is 7.39. The maximum Gasteiger partial charge on any atom is 0.159 e. The molecule has 5 heteroatoms. The molecule has 1 N–H and O–H groups in total. The minimum Gasteiger partial charge on any atom is -0.506 e. The van der Waals surface area contributed by atoms with E-state index in [1.54, 1.807) is 42.6 Å². The van der Waals surface area contributed by atoms with Gasteiger partial charge in [-0.3, -0.25) is 9.79 Å². The Bertz CT molecular complexity index is 679. The van der Waals surface area contributed by atoms with Gasteiger partial charge in [0.1, 0.15) is 5.75 Å². The predicted molar refractivity (Wildman–Crippen MR) is 87.2 cm³/mol. The van der Waals surface area contributed by atoms with Gasteiger partial charge in [0.05, 0.1) is 10.2 Å². The molecule has 0 bridgehead atoms. The molecule has 20 heavy (non-hydrogen) atoms. The zero-order valence-corrected chi connectivity index (χ0v) is 13.8. The van der Waals surface area contributed by atoms with Crippen molar-refractivity contribution in [1.82, 2.24) is 0 Å². The average Bonchev–Trinajstić information content (AvgIpc) is 2.41. The number of carbonyl (C=O) groups is 1. The zero-order valence-electron chi connectivity index (χ0n) is 10.6. The third-order valence-electron chi connectivity index (χ3n) is 2.68. The van der Waals surface area contributed by atoms with Gasteiger partial charge in [0.25, 0.3) is 0 Å². The van der Waals surface area contributed by atoms with Gasteiger partial charge >= 0.3 is 0 Å². The third kappa shape index (κ3) is 3.55. The Kier molecular flexibility index (Phi) is 4.73. The number of phenols is 1. The quantitative estimate of drug-likeness (QED) is 0.594. The molecule has 0 spiro atoms. The first kappa shape index (κ1) is 14.9. The first-order chi connectivity index (χ1) is 9.47. The normalized spacial score (nSPS) is 10.9. The number of carbonyl (C=O) groups excluding carboxylic acids is 1. The number of hydrogen-bond donors (Lipinski definition) is 1. The standard InChI is InChI=1S/C15H11Br2NO2/c1-9(19)10-2-4-13(5-3-10)18-8-11-6-12(16)7-14(17)15(11)20/h2-8,20H,1H3. The van der Waals surface area contributed by atoms with Gasteiger partial charge in [-0.2, -0.15) is 0 Å². The monoisotopic (exact) mass is 395 g/mol. The summed E-state index contributed by atoms with van der Waals surface area (Å²) in [4.78, 5) is 15.5. The van der Waals surface area contributed by atoms with Crippen molar-refractivity contribution in [3.8, 4) is 5.75 Å². The number of nitrogens with zero attached hydrogens (tertiary/aromatic N) is 1. The second-order valence-corrected chi connectivity index (χ2v) is 5.96. The lowest BCUT2D eigenvalue weighted by atomic mass is 10.1. The van der Waals surface area contributed by atoms with Crippen molar-refractivity contribution in [2.45, 2.75) is 6.92 Å². The van der Waals surface area contributed by atoms with Gasteiger partial charge in [0, 0.05) is 21.8 Å². The van der Waals surface area contributed by atoms with Crippen LogP contribution in [0, 0.1) is 0 Å². The Morgan fingerprint density at radius 3 is 2.45 bits per heavy atom. The second-order valence-electron chi connectivity index (χ2n) is 4.19. The molecule has 0 fully saturated rings. The summed E-state index contributed by atoms with van der Waals surface area (Å²) >= 11 is 6.63. The van der Waals surface area contributed by atoms with E-state index >= 15 is 0 Å². The van der Waals surface area contributed by atoms with Gasteiger partial charge in [-0.1, -0.05) is 15.9 Å². The summed E-state index contributed by atoms with van der Waals surface area (Å²) in [5, 5.41) is 9.91. The molecule has 2 rings (SSSR count). The van der Waals surface area contributed by atoms with Gasteiger partial charge in [0.2, 0.25) is 0 Å². The second kappa shape index (κ2) is 6.33. The maximum absolute atomic E-state index is 11.2. The summed E-state index contributed by atoms with van der Waals surface area (Å²) in [7, 11) is 0. The van der Waals surface area contributed by atoms with E-state index in [0.29, 0.717) is 21.3 Å². The highest BCUT2D eigenvalue weighted by atomic mass is 79.9. The molecule has 0 aromatic heterocycles. The van der Waals surface area contributed by atoms with E-state index in [4.69, 9.17) is 0 Å². The van der Waals surface area contributed by atoms with E-state index in [1.165, 1.54) is 6.92 Å². The van der Waals surface area contributed by atoms with Crippen LogP contribution in [0.2, 0.25) is 0 Å². The summed E-state index contributed by atoms with van der Waals surface area (Å²) in [6, 6.07) is 10.5. The minimum atomic E-state index is 0.0223. The van der Waals surface area contributed by atoms with Crippen LogP contribution in [0.5, 0.6) is 5.75 Å². The SMILES string of the molecule is CC(=O)c1ccc(N=Cc2cc(Br)cc(Br)c2O)cc1. The fourth-order valence-electron chi connectivity index (χ4n) is 1.61. The molecule has 0 aliphatic carbocycles. The molecule has 0 radical (unpaired) electrons. The lowest BCUT2D eigenvalue weighted by Crippen LogP contribution is -1.89. The van der Waals surface area contributed by atoms with Crippen LogP contribution in [0.3, 0.4) is 0 Å². The smallest absolute Gasteiger partial charge is 0.159 e. The Morgan fingerprint density at radius 2 is 1.85 bits per heavy atom. The summed E-state index contributed by atoms with van der Waals surface area (Å²) < 4.78 is 1.44. The number of benzene rings is 2. The van der Waals surface area contributed by atoms with Gasteiger partial charge in [-0.05, 0) is 59.3 Å². The van der Waals surface area contributed by atoms with Gasteiger partial charge in [-0.25, -0.2) is 0 Å². The summed E-state index contributed by atoms with van der Waals surface area (Å²) in [5.74, 6) is 0.159. The molecular formula is C15H11Br2NO2. The van der Waals surface area contributed by atoms with E-state index in [9.17, 15) is 9.90 Å². The highest BCUT2D eigenvalue weighted by molar-refractivity contribution is 9.11. The number of aliphatic imine (C=N–C) groups is 1. The van der Waals surface area contributed by atoms with Crippen molar-refractivity contribution in [2.24, 2.45) is 4.99 Å². The van der Waals surface area contributed by atoms with E-state index < -0.39 is 0 Å². The third-order valence-corrected chi connectivity index (χ3v) is 3.75. The van der Waals surface area contributed by atoms with E-state index in [0.717, 1.165) is 4.47 Å². The number of hydrogen-bond acceptors (Lipinski definition) is 3. The largest absolute Gasteiger partial charge is 0.506 e. The van der Waals surface area contributed by atoms with Crippen LogP contribution < -0.4 is 0 Å². The van der Waals surface area contributed by atoms with Crippen LogP contribution in [0.4, 0.5) is 5.69 Å². The highest BCUT2D eigenvalue weighted by Crippen LogP contribution is 2.31. The van der Waals surface area contributed by atoms with Crippen molar-refractivity contribution in [2.75, 3.05) is 0 Å². The molecule has 3 nitrogen and oxygen atoms in total. The van der Waals surface area contributed by atoms with Crippen LogP contribution in [-0.2, 0) is 0 Å².